The highest BCUT2D eigenvalue weighted by atomic mass is 32.2. The zero-order chi connectivity index (χ0) is 23.6. The average molecular weight is 474 g/mol. The summed E-state index contributed by atoms with van der Waals surface area (Å²) in [7, 11) is -4.13. The first-order chi connectivity index (χ1) is 15.8. The van der Waals surface area contributed by atoms with E-state index in [0.29, 0.717) is 18.2 Å². The molecule has 1 aliphatic heterocycles. The predicted octanol–water partition coefficient (Wildman–Crippen LogP) is 3.20. The number of carbonyl (C=O) groups excluding carboxylic acids is 2. The molecule has 1 heterocycles. The lowest BCUT2D eigenvalue weighted by Crippen LogP contribution is -2.46. The Morgan fingerprint density at radius 3 is 2.33 bits per heavy atom. The Hall–Kier alpha value is -2.94. The highest BCUT2D eigenvalue weighted by molar-refractivity contribution is 7.90. The summed E-state index contributed by atoms with van der Waals surface area (Å²) in [6, 6.07) is 10.8. The topological polar surface area (TPSA) is 110 Å². The molecule has 1 aliphatic carbocycles. The lowest BCUT2D eigenvalue weighted by Gasteiger charge is -2.33. The third-order valence-electron chi connectivity index (χ3n) is 6.80. The molecule has 2 aromatic carbocycles. The maximum atomic E-state index is 14.9. The second-order valence-electron chi connectivity index (χ2n) is 8.80. The van der Waals surface area contributed by atoms with E-state index in [4.69, 9.17) is 5.73 Å². The fourth-order valence-corrected chi connectivity index (χ4v) is 6.22. The van der Waals surface area contributed by atoms with Gasteiger partial charge in [0.1, 0.15) is 11.9 Å². The van der Waals surface area contributed by atoms with Crippen molar-refractivity contribution >= 4 is 27.5 Å². The first-order valence-corrected chi connectivity index (χ1v) is 12.7. The summed E-state index contributed by atoms with van der Waals surface area (Å²) in [6.45, 7) is 0.572. The van der Waals surface area contributed by atoms with Gasteiger partial charge in [0.2, 0.25) is 5.91 Å². The lowest BCUT2D eigenvalue weighted by molar-refractivity contribution is -0.120. The molecule has 4 rings (SSSR count). The third kappa shape index (κ3) is 4.88. The maximum Gasteiger partial charge on any atom is 0.267 e. The van der Waals surface area contributed by atoms with Crippen molar-refractivity contribution < 1.29 is 22.4 Å². The molecule has 2 amide bonds. The summed E-state index contributed by atoms with van der Waals surface area (Å²) in [5, 5.41) is 0. The molecule has 2 aliphatic rings. The maximum absolute atomic E-state index is 14.9. The van der Waals surface area contributed by atoms with Gasteiger partial charge in [0.25, 0.3) is 15.9 Å². The van der Waals surface area contributed by atoms with Gasteiger partial charge in [-0.1, -0.05) is 50.3 Å². The van der Waals surface area contributed by atoms with Gasteiger partial charge in [-0.2, -0.15) is 0 Å². The summed E-state index contributed by atoms with van der Waals surface area (Å²) < 4.78 is 41.6. The number of primary amides is 1. The van der Waals surface area contributed by atoms with Crippen molar-refractivity contribution in [3.63, 3.8) is 0 Å². The van der Waals surface area contributed by atoms with Crippen molar-refractivity contribution in [2.45, 2.75) is 49.5 Å². The molecule has 0 radical (unpaired) electrons. The molecular weight excluding hydrogens is 445 g/mol. The number of benzene rings is 2. The Balaban J connectivity index is 1.53. The molecule has 0 unspecified atom stereocenters. The van der Waals surface area contributed by atoms with E-state index in [-0.39, 0.29) is 10.8 Å². The van der Waals surface area contributed by atoms with Crippen molar-refractivity contribution in [2.24, 2.45) is 17.6 Å². The fraction of sp³-hybridized carbons (Fsp3) is 0.417. The van der Waals surface area contributed by atoms with Crippen LogP contribution in [0.2, 0.25) is 0 Å². The minimum absolute atomic E-state index is 0.0921. The minimum Gasteiger partial charge on any atom is -0.368 e. The first-order valence-electron chi connectivity index (χ1n) is 11.3. The van der Waals surface area contributed by atoms with E-state index in [2.05, 4.69) is 0 Å². The van der Waals surface area contributed by atoms with E-state index in [1.807, 2.05) is 9.62 Å². The summed E-state index contributed by atoms with van der Waals surface area (Å²) in [5.41, 5.74) is 5.82. The Bertz CT molecular complexity index is 1130. The van der Waals surface area contributed by atoms with Crippen LogP contribution in [0.5, 0.6) is 0 Å². The van der Waals surface area contributed by atoms with Crippen LogP contribution >= 0.6 is 0 Å². The van der Waals surface area contributed by atoms with Crippen LogP contribution in [-0.2, 0) is 14.8 Å². The Morgan fingerprint density at radius 2 is 1.70 bits per heavy atom. The number of nitrogens with two attached hydrogens (primary N) is 1. The highest BCUT2D eigenvalue weighted by Crippen LogP contribution is 2.40. The number of halogens is 1. The Labute approximate surface area is 193 Å². The van der Waals surface area contributed by atoms with Crippen LogP contribution < -0.4 is 15.4 Å². The van der Waals surface area contributed by atoms with Gasteiger partial charge in [-0.05, 0) is 48.6 Å². The van der Waals surface area contributed by atoms with Crippen LogP contribution in [0.4, 0.5) is 10.1 Å². The van der Waals surface area contributed by atoms with Crippen LogP contribution in [0.3, 0.4) is 0 Å². The summed E-state index contributed by atoms with van der Waals surface area (Å²) in [5.74, 6) is -1.79. The minimum atomic E-state index is -4.13. The zero-order valence-electron chi connectivity index (χ0n) is 18.2. The van der Waals surface area contributed by atoms with Crippen LogP contribution in [-0.4, -0.2) is 32.8 Å². The van der Waals surface area contributed by atoms with Gasteiger partial charge in [-0.25, -0.2) is 17.5 Å². The molecule has 0 spiro atoms. The van der Waals surface area contributed by atoms with Crippen molar-refractivity contribution in [1.29, 1.82) is 0 Å². The first kappa shape index (κ1) is 23.2. The summed E-state index contributed by atoms with van der Waals surface area (Å²) in [4.78, 5) is 26.6. The number of hydrogen-bond donors (Lipinski definition) is 2. The van der Waals surface area contributed by atoms with Gasteiger partial charge in [0.15, 0.2) is 0 Å². The molecule has 0 aromatic heterocycles. The van der Waals surface area contributed by atoms with Crippen LogP contribution in [0.1, 0.15) is 48.9 Å². The van der Waals surface area contributed by atoms with Gasteiger partial charge in [-0.3, -0.25) is 9.59 Å². The highest BCUT2D eigenvalue weighted by Gasteiger charge is 2.42. The van der Waals surface area contributed by atoms with Crippen LogP contribution in [0.25, 0.3) is 0 Å². The normalized spacial score (nSPS) is 21.7. The smallest absolute Gasteiger partial charge is 0.267 e. The summed E-state index contributed by atoms with van der Waals surface area (Å²) in [6.07, 6.45) is 6.46. The van der Waals surface area contributed by atoms with Crippen molar-refractivity contribution in [1.82, 2.24) is 4.72 Å². The molecule has 2 fully saturated rings. The molecule has 2 atom stereocenters. The molecule has 7 nitrogen and oxygen atoms in total. The quantitative estimate of drug-likeness (QED) is 0.670. The Morgan fingerprint density at radius 1 is 1.00 bits per heavy atom. The van der Waals surface area contributed by atoms with Crippen molar-refractivity contribution in [2.75, 3.05) is 11.4 Å². The van der Waals surface area contributed by atoms with Gasteiger partial charge in [0, 0.05) is 12.2 Å². The Kier molecular flexibility index (Phi) is 6.69. The van der Waals surface area contributed by atoms with E-state index in [0.717, 1.165) is 32.1 Å². The van der Waals surface area contributed by atoms with E-state index in [1.165, 1.54) is 48.9 Å². The molecule has 2 aromatic rings. The zero-order valence-corrected chi connectivity index (χ0v) is 19.1. The van der Waals surface area contributed by atoms with Gasteiger partial charge in [-0.15, -0.1) is 0 Å². The van der Waals surface area contributed by atoms with E-state index < -0.39 is 39.3 Å². The van der Waals surface area contributed by atoms with Gasteiger partial charge < -0.3 is 10.6 Å². The standard InChI is InChI=1S/C24H28FN3O4S/c25-21-15-17(28-14-13-19(22(28)23(26)29)16-7-3-1-4-8-16)11-12-20(21)24(30)27-33(31,32)18-9-5-2-6-10-18/h2,5-6,9-12,15-16,19,22H,1,3-4,7-8,13-14H2,(H2,26,29)(H,27,30)/t19-,22-/m0/s1. The van der Waals surface area contributed by atoms with Gasteiger partial charge >= 0.3 is 0 Å². The largest absolute Gasteiger partial charge is 0.368 e. The fourth-order valence-electron chi connectivity index (χ4n) is 5.23. The third-order valence-corrected chi connectivity index (χ3v) is 8.15. The number of sulfonamides is 1. The number of rotatable bonds is 6. The SMILES string of the molecule is NC(=O)[C@@H]1[C@H](C2CCCCC2)CCN1c1ccc(C(=O)NS(=O)(=O)c2ccccc2)c(F)c1. The molecule has 176 valence electrons. The van der Waals surface area contributed by atoms with Crippen molar-refractivity contribution in [3.8, 4) is 0 Å². The number of carbonyl (C=O) groups is 2. The average Bonchev–Trinajstić information content (AvgIpc) is 3.25. The molecule has 0 bridgehead atoms. The monoisotopic (exact) mass is 473 g/mol. The molecule has 33 heavy (non-hydrogen) atoms. The molecule has 1 saturated carbocycles. The lowest BCUT2D eigenvalue weighted by atomic mass is 9.76. The van der Waals surface area contributed by atoms with Crippen LogP contribution in [0, 0.1) is 17.7 Å². The van der Waals surface area contributed by atoms with Gasteiger partial charge in [0.05, 0.1) is 10.5 Å². The molecule has 9 heteroatoms. The molecule has 3 N–H and O–H groups in total. The molecular formula is C24H28FN3O4S. The number of nitrogens with one attached hydrogen (secondary N) is 1. The second kappa shape index (κ2) is 9.51. The van der Waals surface area contributed by atoms with E-state index >= 15 is 0 Å². The van der Waals surface area contributed by atoms with E-state index in [9.17, 15) is 22.4 Å². The van der Waals surface area contributed by atoms with Crippen LogP contribution in [0.15, 0.2) is 53.4 Å². The summed E-state index contributed by atoms with van der Waals surface area (Å²) >= 11 is 0. The number of nitrogens with zero attached hydrogens (tertiary/aromatic N) is 1. The number of anilines is 1. The number of amides is 2. The number of hydrogen-bond acceptors (Lipinski definition) is 5. The second-order valence-corrected chi connectivity index (χ2v) is 10.5. The van der Waals surface area contributed by atoms with E-state index in [1.54, 1.807) is 6.07 Å². The van der Waals surface area contributed by atoms with Crippen molar-refractivity contribution in [3.05, 3.63) is 59.9 Å². The predicted molar refractivity (Wildman–Crippen MR) is 123 cm³/mol. The molecule has 1 saturated heterocycles.